The Morgan fingerprint density at radius 2 is 1.50 bits per heavy atom. The summed E-state index contributed by atoms with van der Waals surface area (Å²) in [6.07, 6.45) is 0. The van der Waals surface area contributed by atoms with Gasteiger partial charge in [0.25, 0.3) is 0 Å². The normalized spacial score (nSPS) is 9.92. The van der Waals surface area contributed by atoms with Crippen LogP contribution in [-0.2, 0) is 17.1 Å². The van der Waals surface area contributed by atoms with E-state index in [2.05, 4.69) is 0 Å². The molecule has 0 radical (unpaired) electrons. The fourth-order valence-corrected chi connectivity index (χ4v) is 2.86. The topological polar surface area (TPSA) is 0 Å². The number of rotatable bonds is 1. The molecule has 0 atom stereocenters. The van der Waals surface area contributed by atoms with Crippen LogP contribution in [0.4, 0.5) is 13.2 Å². The maximum absolute atomic E-state index is 11.8. The molecule has 0 saturated carbocycles. The molecule has 0 N–H and O–H groups in total. The summed E-state index contributed by atoms with van der Waals surface area (Å²) in [7, 11) is 0. The third-order valence-corrected chi connectivity index (χ3v) is 3.93. The van der Waals surface area contributed by atoms with E-state index in [0.29, 0.717) is 4.16 Å². The molecule has 0 amide bonds. The van der Waals surface area contributed by atoms with E-state index in [1.165, 1.54) is 0 Å². The quantitative estimate of drug-likeness (QED) is 0.669. The molecule has 0 saturated heterocycles. The average Bonchev–Trinajstić information content (AvgIpc) is 1.85. The van der Waals surface area contributed by atoms with Crippen LogP contribution in [0.2, 0.25) is 0 Å². The zero-order chi connectivity index (χ0) is 8.32. The Bertz CT molecular complexity index is 222. The Labute approximate surface area is 82.2 Å². The van der Waals surface area contributed by atoms with Crippen LogP contribution in [-0.4, -0.2) is 4.77 Å². The summed E-state index contributed by atoms with van der Waals surface area (Å²) in [5, 5.41) is 0. The van der Waals surface area contributed by atoms with Gasteiger partial charge in [-0.05, 0) is 0 Å². The molecule has 0 nitrogen and oxygen atoms in total. The maximum atomic E-state index is 11.8. The molecule has 1 aromatic carbocycles. The second-order valence-electron chi connectivity index (χ2n) is 2.28. The van der Waals surface area contributed by atoms with Gasteiger partial charge in [-0.15, -0.1) is 12.4 Å². The van der Waals surface area contributed by atoms with Crippen LogP contribution in [0.25, 0.3) is 0 Å². The monoisotopic (exact) mass is 246 g/mol. The molecule has 5 heteroatoms. The van der Waals surface area contributed by atoms with Crippen molar-refractivity contribution in [1.82, 2.24) is 0 Å². The van der Waals surface area contributed by atoms with Crippen molar-refractivity contribution < 1.29 is 30.3 Å². The molecule has 0 heterocycles. The van der Waals surface area contributed by atoms with Gasteiger partial charge in [0.05, 0.1) is 0 Å². The van der Waals surface area contributed by atoms with E-state index >= 15 is 0 Å². The van der Waals surface area contributed by atoms with Crippen molar-refractivity contribution in [1.29, 1.82) is 0 Å². The molecule has 0 aliphatic carbocycles. The van der Waals surface area contributed by atoms with Crippen LogP contribution >= 0.6 is 12.4 Å². The van der Waals surface area contributed by atoms with Crippen LogP contribution in [0.1, 0.15) is 0 Å². The van der Waals surface area contributed by atoms with Gasteiger partial charge in [0.2, 0.25) is 0 Å². The molecule has 1 rings (SSSR count). The van der Waals surface area contributed by atoms with Crippen molar-refractivity contribution in [2.75, 3.05) is 0 Å². The number of benzene rings is 1. The average molecular weight is 248 g/mol. The molecular weight excluding hydrogens is 242 g/mol. The van der Waals surface area contributed by atoms with E-state index in [-0.39, 0.29) is 12.4 Å². The summed E-state index contributed by atoms with van der Waals surface area (Å²) in [4.78, 5) is 0. The number of halogens is 4. The Hall–Kier alpha value is -0.0766. The van der Waals surface area contributed by atoms with E-state index in [9.17, 15) is 13.2 Å². The van der Waals surface area contributed by atoms with Gasteiger partial charge in [0, 0.05) is 0 Å². The van der Waals surface area contributed by atoms with Gasteiger partial charge in [-0.1, -0.05) is 0 Å². The van der Waals surface area contributed by atoms with Crippen molar-refractivity contribution >= 4 is 16.6 Å². The zero-order valence-corrected chi connectivity index (χ0v) is 9.92. The molecule has 0 aliphatic rings. The van der Waals surface area contributed by atoms with Crippen LogP contribution < -0.4 is 4.16 Å². The molecule has 0 fully saturated rings. The van der Waals surface area contributed by atoms with E-state index in [1.54, 1.807) is 30.3 Å². The molecular formula is C7H6ClF3Zn. The Morgan fingerprint density at radius 1 is 1.00 bits per heavy atom. The molecule has 0 unspecified atom stereocenters. The fraction of sp³-hybridized carbons (Fsp3) is 0.143. The van der Waals surface area contributed by atoms with Gasteiger partial charge in [0.1, 0.15) is 0 Å². The summed E-state index contributed by atoms with van der Waals surface area (Å²) < 4.78 is 32.1. The first kappa shape index (κ1) is 11.9. The molecule has 12 heavy (non-hydrogen) atoms. The van der Waals surface area contributed by atoms with Gasteiger partial charge in [0.15, 0.2) is 0 Å². The van der Waals surface area contributed by atoms with Crippen molar-refractivity contribution in [3.63, 3.8) is 0 Å². The van der Waals surface area contributed by atoms with Crippen LogP contribution in [0, 0.1) is 0 Å². The minimum absolute atomic E-state index is 0. The summed E-state index contributed by atoms with van der Waals surface area (Å²) in [6.45, 7) is 0. The Morgan fingerprint density at radius 3 is 1.92 bits per heavy atom. The SMILES string of the molecule is Cl.F[C](F)(F)[Zn][c]1ccccc1. The summed E-state index contributed by atoms with van der Waals surface area (Å²) in [5.41, 5.74) is 0. The van der Waals surface area contributed by atoms with Gasteiger partial charge in [-0.3, -0.25) is 0 Å². The van der Waals surface area contributed by atoms with Gasteiger partial charge in [-0.25, -0.2) is 0 Å². The third kappa shape index (κ3) is 4.73. The van der Waals surface area contributed by atoms with Crippen molar-refractivity contribution in [2.45, 2.75) is 4.77 Å². The second kappa shape index (κ2) is 4.83. The van der Waals surface area contributed by atoms with Crippen LogP contribution in [0.15, 0.2) is 30.3 Å². The van der Waals surface area contributed by atoms with Crippen molar-refractivity contribution in [3.8, 4) is 0 Å². The molecule has 64 valence electrons. The fourth-order valence-electron chi connectivity index (χ4n) is 0.827. The number of hydrogen-bond acceptors (Lipinski definition) is 0. The first-order valence-electron chi connectivity index (χ1n) is 3.18. The molecule has 0 aliphatic heterocycles. The van der Waals surface area contributed by atoms with Crippen LogP contribution in [0.5, 0.6) is 0 Å². The number of alkyl halides is 3. The van der Waals surface area contributed by atoms with E-state index in [4.69, 9.17) is 0 Å². The van der Waals surface area contributed by atoms with Gasteiger partial charge >= 0.3 is 69.6 Å². The predicted octanol–water partition coefficient (Wildman–Crippen LogP) is 2.34. The summed E-state index contributed by atoms with van der Waals surface area (Å²) in [5.74, 6) is 0. The summed E-state index contributed by atoms with van der Waals surface area (Å²) >= 11 is -2.50. The molecule has 0 bridgehead atoms. The summed E-state index contributed by atoms with van der Waals surface area (Å²) in [6, 6.07) is 8.11. The van der Waals surface area contributed by atoms with E-state index in [0.717, 1.165) is 0 Å². The first-order valence-corrected chi connectivity index (χ1v) is 6.15. The zero-order valence-electron chi connectivity index (χ0n) is 6.14. The minimum atomic E-state index is -3.91. The second-order valence-corrected chi connectivity index (χ2v) is 6.41. The van der Waals surface area contributed by atoms with Gasteiger partial charge in [-0.2, -0.15) is 0 Å². The van der Waals surface area contributed by atoms with E-state index < -0.39 is 21.9 Å². The first-order chi connectivity index (χ1) is 5.08. The molecule has 0 spiro atoms. The van der Waals surface area contributed by atoms with Crippen molar-refractivity contribution in [2.24, 2.45) is 0 Å². The van der Waals surface area contributed by atoms with Crippen molar-refractivity contribution in [3.05, 3.63) is 30.3 Å². The van der Waals surface area contributed by atoms with Gasteiger partial charge < -0.3 is 0 Å². The number of hydrogen-bond donors (Lipinski definition) is 0. The standard InChI is InChI=1S/C6H5.CF3.ClH.Zn/c1-2-4-6-5-3-1;2-1(3)4;;/h1-5H;;1H;. The third-order valence-electron chi connectivity index (χ3n) is 1.25. The molecule has 1 aromatic rings. The predicted molar refractivity (Wildman–Crippen MR) is 39.4 cm³/mol. The Balaban J connectivity index is 0.00000121. The Kier molecular flexibility index (Phi) is 4.80. The van der Waals surface area contributed by atoms with E-state index in [1.807, 2.05) is 0 Å². The van der Waals surface area contributed by atoms with Crippen LogP contribution in [0.3, 0.4) is 0 Å². The molecule has 0 aromatic heterocycles.